The molecule has 0 radical (unpaired) electrons. The number of sulfonamides is 1. The highest BCUT2D eigenvalue weighted by molar-refractivity contribution is 7.89. The second kappa shape index (κ2) is 5.60. The van der Waals surface area contributed by atoms with E-state index < -0.39 is 16.0 Å². The van der Waals surface area contributed by atoms with Gasteiger partial charge in [-0.3, -0.25) is 0 Å². The molecule has 1 saturated carbocycles. The second-order valence-electron chi connectivity index (χ2n) is 4.86. The first-order valence-electron chi connectivity index (χ1n) is 6.26. The predicted molar refractivity (Wildman–Crippen MR) is 73.0 cm³/mol. The average molecular weight is 303 g/mol. The van der Waals surface area contributed by atoms with E-state index in [1.54, 1.807) is 0 Å². The van der Waals surface area contributed by atoms with E-state index >= 15 is 0 Å². The maximum Gasteiger partial charge on any atom is 0.345 e. The molecule has 1 aliphatic carbocycles. The van der Waals surface area contributed by atoms with Crippen LogP contribution in [0.5, 0.6) is 0 Å². The Morgan fingerprint density at radius 2 is 2.26 bits per heavy atom. The van der Waals surface area contributed by atoms with Gasteiger partial charge in [0.25, 0.3) is 0 Å². The first kappa shape index (κ1) is 14.5. The van der Waals surface area contributed by atoms with Gasteiger partial charge < -0.3 is 5.11 Å². The Balaban J connectivity index is 2.08. The molecule has 1 aromatic heterocycles. The smallest absolute Gasteiger partial charge is 0.345 e. The predicted octanol–water partition coefficient (Wildman–Crippen LogP) is 2.30. The summed E-state index contributed by atoms with van der Waals surface area (Å²) in [5, 5.41) is 10.2. The maximum atomic E-state index is 12.1. The van der Waals surface area contributed by atoms with Crippen molar-refractivity contribution in [3.63, 3.8) is 0 Å². The molecule has 0 spiro atoms. The van der Waals surface area contributed by atoms with Crippen molar-refractivity contribution in [3.05, 3.63) is 16.3 Å². The van der Waals surface area contributed by atoms with Crippen LogP contribution in [-0.2, 0) is 10.0 Å². The fourth-order valence-corrected chi connectivity index (χ4v) is 4.36. The molecule has 1 aliphatic rings. The van der Waals surface area contributed by atoms with Crippen molar-refractivity contribution >= 4 is 27.3 Å². The summed E-state index contributed by atoms with van der Waals surface area (Å²) in [6, 6.07) is 1.14. The number of hydrogen-bond donors (Lipinski definition) is 2. The standard InChI is InChI=1S/C12H17NO4S2/c1-2-9(5-8-3-4-8)13-19(16,17)10-6-11(12(14)15)18-7-10/h6-9,13H,2-5H2,1H3,(H,14,15). The highest BCUT2D eigenvalue weighted by Crippen LogP contribution is 2.34. The lowest BCUT2D eigenvalue weighted by molar-refractivity contribution is 0.0702. The molecule has 1 fully saturated rings. The average Bonchev–Trinajstić information content (AvgIpc) is 2.99. The van der Waals surface area contributed by atoms with Crippen molar-refractivity contribution in [2.24, 2.45) is 5.92 Å². The Hall–Kier alpha value is -0.920. The minimum Gasteiger partial charge on any atom is -0.477 e. The lowest BCUT2D eigenvalue weighted by Gasteiger charge is -2.16. The quantitative estimate of drug-likeness (QED) is 0.809. The Labute approximate surface area is 116 Å². The van der Waals surface area contributed by atoms with Crippen LogP contribution >= 0.6 is 11.3 Å². The fraction of sp³-hybridized carbons (Fsp3) is 0.583. The minimum atomic E-state index is -3.61. The summed E-state index contributed by atoms with van der Waals surface area (Å²) in [6.07, 6.45) is 3.97. The SMILES string of the molecule is CCC(CC1CC1)NS(=O)(=O)c1csc(C(=O)O)c1. The van der Waals surface area contributed by atoms with E-state index in [2.05, 4.69) is 4.72 Å². The van der Waals surface area contributed by atoms with Gasteiger partial charge in [-0.15, -0.1) is 11.3 Å². The van der Waals surface area contributed by atoms with E-state index in [-0.39, 0.29) is 15.8 Å². The van der Waals surface area contributed by atoms with Gasteiger partial charge in [0.05, 0.1) is 4.90 Å². The summed E-state index contributed by atoms with van der Waals surface area (Å²) in [6.45, 7) is 1.95. The van der Waals surface area contributed by atoms with E-state index in [0.717, 1.165) is 24.2 Å². The van der Waals surface area contributed by atoms with Crippen LogP contribution in [0.2, 0.25) is 0 Å². The molecule has 5 nitrogen and oxygen atoms in total. The van der Waals surface area contributed by atoms with Crippen molar-refractivity contribution in [1.29, 1.82) is 0 Å². The Kier molecular flexibility index (Phi) is 4.27. The number of carboxylic acids is 1. The highest BCUT2D eigenvalue weighted by Gasteiger charge is 2.28. The van der Waals surface area contributed by atoms with Gasteiger partial charge in [0.2, 0.25) is 10.0 Å². The van der Waals surface area contributed by atoms with E-state index in [0.29, 0.717) is 5.92 Å². The van der Waals surface area contributed by atoms with Crippen molar-refractivity contribution in [2.45, 2.75) is 43.5 Å². The largest absolute Gasteiger partial charge is 0.477 e. The number of hydrogen-bond acceptors (Lipinski definition) is 4. The number of aromatic carboxylic acids is 1. The van der Waals surface area contributed by atoms with Gasteiger partial charge in [0.15, 0.2) is 0 Å². The molecule has 2 N–H and O–H groups in total. The van der Waals surface area contributed by atoms with Crippen LogP contribution in [0.1, 0.15) is 42.3 Å². The third-order valence-electron chi connectivity index (χ3n) is 3.23. The van der Waals surface area contributed by atoms with E-state index in [4.69, 9.17) is 5.11 Å². The van der Waals surface area contributed by atoms with Crippen LogP contribution in [0.25, 0.3) is 0 Å². The topological polar surface area (TPSA) is 83.5 Å². The van der Waals surface area contributed by atoms with Crippen molar-refractivity contribution in [3.8, 4) is 0 Å². The van der Waals surface area contributed by atoms with Crippen LogP contribution in [0, 0.1) is 5.92 Å². The third-order valence-corrected chi connectivity index (χ3v) is 5.79. The zero-order valence-electron chi connectivity index (χ0n) is 10.6. The molecule has 0 saturated heterocycles. The lowest BCUT2D eigenvalue weighted by Crippen LogP contribution is -2.34. The van der Waals surface area contributed by atoms with E-state index in [1.165, 1.54) is 24.3 Å². The molecule has 1 aromatic rings. The fourth-order valence-electron chi connectivity index (χ4n) is 1.91. The lowest BCUT2D eigenvalue weighted by atomic mass is 10.1. The zero-order valence-corrected chi connectivity index (χ0v) is 12.3. The second-order valence-corrected chi connectivity index (χ2v) is 7.48. The van der Waals surface area contributed by atoms with Crippen LogP contribution in [0.4, 0.5) is 0 Å². The number of carboxylic acid groups (broad SMARTS) is 1. The molecule has 7 heteroatoms. The van der Waals surface area contributed by atoms with Crippen LogP contribution in [0.15, 0.2) is 16.3 Å². The zero-order chi connectivity index (χ0) is 14.0. The number of thiophene rings is 1. The van der Waals surface area contributed by atoms with Crippen LogP contribution in [-0.4, -0.2) is 25.5 Å². The molecule has 19 heavy (non-hydrogen) atoms. The summed E-state index contributed by atoms with van der Waals surface area (Å²) in [5.74, 6) is -0.457. The van der Waals surface area contributed by atoms with Gasteiger partial charge in [-0.1, -0.05) is 19.8 Å². The van der Waals surface area contributed by atoms with Gasteiger partial charge in [-0.05, 0) is 24.8 Å². The first-order chi connectivity index (χ1) is 8.92. The summed E-state index contributed by atoms with van der Waals surface area (Å²) in [4.78, 5) is 10.9. The summed E-state index contributed by atoms with van der Waals surface area (Å²) < 4.78 is 27.0. The molecule has 0 amide bonds. The number of rotatable bonds is 7. The molecule has 0 bridgehead atoms. The van der Waals surface area contributed by atoms with Crippen LogP contribution < -0.4 is 4.72 Å². The van der Waals surface area contributed by atoms with E-state index in [1.807, 2.05) is 6.92 Å². The summed E-state index contributed by atoms with van der Waals surface area (Å²) in [5.41, 5.74) is 0. The molecule has 2 rings (SSSR count). The Morgan fingerprint density at radius 3 is 2.74 bits per heavy atom. The molecule has 106 valence electrons. The van der Waals surface area contributed by atoms with Gasteiger partial charge in [0.1, 0.15) is 4.88 Å². The van der Waals surface area contributed by atoms with Crippen LogP contribution in [0.3, 0.4) is 0 Å². The van der Waals surface area contributed by atoms with Crippen molar-refractivity contribution in [1.82, 2.24) is 4.72 Å². The monoisotopic (exact) mass is 303 g/mol. The number of carbonyl (C=O) groups is 1. The van der Waals surface area contributed by atoms with E-state index in [9.17, 15) is 13.2 Å². The minimum absolute atomic E-state index is 0.0376. The Bertz CT molecular complexity index is 560. The van der Waals surface area contributed by atoms with Gasteiger partial charge in [0, 0.05) is 11.4 Å². The normalized spacial score (nSPS) is 17.3. The molecular weight excluding hydrogens is 286 g/mol. The highest BCUT2D eigenvalue weighted by atomic mass is 32.2. The molecule has 1 heterocycles. The van der Waals surface area contributed by atoms with Crippen molar-refractivity contribution < 1.29 is 18.3 Å². The molecule has 0 aliphatic heterocycles. The number of nitrogens with one attached hydrogen (secondary N) is 1. The molecular formula is C12H17NO4S2. The van der Waals surface area contributed by atoms with Gasteiger partial charge in [-0.25, -0.2) is 17.9 Å². The molecule has 1 unspecified atom stereocenters. The maximum absolute atomic E-state index is 12.1. The third kappa shape index (κ3) is 3.77. The summed E-state index contributed by atoms with van der Waals surface area (Å²) in [7, 11) is -3.61. The Morgan fingerprint density at radius 1 is 1.58 bits per heavy atom. The molecule has 1 atom stereocenters. The summed E-state index contributed by atoms with van der Waals surface area (Å²) >= 11 is 0.927. The van der Waals surface area contributed by atoms with Gasteiger partial charge in [-0.2, -0.15) is 0 Å². The van der Waals surface area contributed by atoms with Gasteiger partial charge >= 0.3 is 5.97 Å². The van der Waals surface area contributed by atoms with Crippen molar-refractivity contribution in [2.75, 3.05) is 0 Å². The molecule has 0 aromatic carbocycles. The first-order valence-corrected chi connectivity index (χ1v) is 8.63.